The summed E-state index contributed by atoms with van der Waals surface area (Å²) in [6, 6.07) is 8.45. The average molecular weight is 264 g/mol. The zero-order valence-corrected chi connectivity index (χ0v) is 10.1. The predicted octanol–water partition coefficient (Wildman–Crippen LogP) is 2.12. The molecular weight excluding hydrogens is 254 g/mol. The molecule has 6 heteroatoms. The number of aromatic nitrogens is 1. The van der Waals surface area contributed by atoms with Crippen molar-refractivity contribution in [1.29, 1.82) is 0 Å². The molecule has 18 heavy (non-hydrogen) atoms. The van der Waals surface area contributed by atoms with E-state index in [2.05, 4.69) is 15.6 Å². The number of benzene rings is 1. The number of para-hydroxylation sites is 1. The second kappa shape index (κ2) is 5.46. The Morgan fingerprint density at radius 2 is 2.00 bits per heavy atom. The van der Waals surface area contributed by atoms with E-state index < -0.39 is 11.9 Å². The molecule has 0 atom stereocenters. The number of nitrogens with zero attached hydrogens (tertiary/aromatic N) is 1. The Hall–Kier alpha value is -2.14. The molecule has 0 radical (unpaired) electrons. The minimum Gasteiger partial charge on any atom is -0.306 e. The van der Waals surface area contributed by atoms with E-state index in [1.807, 2.05) is 18.2 Å². The van der Waals surface area contributed by atoms with Crippen LogP contribution in [0, 0.1) is 0 Å². The van der Waals surface area contributed by atoms with Crippen molar-refractivity contribution in [3.8, 4) is 0 Å². The third kappa shape index (κ3) is 2.75. The molecule has 5 nitrogen and oxygen atoms in total. The number of rotatable bonds is 2. The summed E-state index contributed by atoms with van der Waals surface area (Å²) in [5.41, 5.74) is 1.20. The zero-order chi connectivity index (χ0) is 13.0. The normalized spacial score (nSPS) is 10.1. The van der Waals surface area contributed by atoms with Crippen molar-refractivity contribution in [1.82, 2.24) is 10.3 Å². The van der Waals surface area contributed by atoms with Crippen LogP contribution in [-0.4, -0.2) is 22.8 Å². The summed E-state index contributed by atoms with van der Waals surface area (Å²) in [5.74, 6) is -0.816. The molecule has 0 aliphatic rings. The molecule has 0 saturated carbocycles. The number of imide groups is 1. The maximum Gasteiger partial charge on any atom is 0.325 e. The SMILES string of the molecule is O=C(CCl)NC(=O)Nc1cccc2cccnc12. The number of hydrogen-bond donors (Lipinski definition) is 2. The summed E-state index contributed by atoms with van der Waals surface area (Å²) in [5, 5.41) is 5.55. The number of halogens is 1. The van der Waals surface area contributed by atoms with Gasteiger partial charge in [0.05, 0.1) is 11.2 Å². The van der Waals surface area contributed by atoms with Crippen molar-refractivity contribution in [2.24, 2.45) is 0 Å². The van der Waals surface area contributed by atoms with E-state index >= 15 is 0 Å². The Kier molecular flexibility index (Phi) is 3.74. The molecule has 1 aromatic heterocycles. The lowest BCUT2D eigenvalue weighted by atomic mass is 10.2. The number of amides is 3. The van der Waals surface area contributed by atoms with Gasteiger partial charge in [0.2, 0.25) is 5.91 Å². The van der Waals surface area contributed by atoms with Gasteiger partial charge in [0.1, 0.15) is 5.88 Å². The highest BCUT2D eigenvalue weighted by molar-refractivity contribution is 6.28. The van der Waals surface area contributed by atoms with Gasteiger partial charge in [-0.05, 0) is 12.1 Å². The largest absolute Gasteiger partial charge is 0.325 e. The Morgan fingerprint density at radius 1 is 1.22 bits per heavy atom. The first-order chi connectivity index (χ1) is 8.70. The fourth-order valence-corrected chi connectivity index (χ4v) is 1.59. The van der Waals surface area contributed by atoms with Crippen LogP contribution in [0.5, 0.6) is 0 Å². The number of hydrogen-bond acceptors (Lipinski definition) is 3. The highest BCUT2D eigenvalue weighted by atomic mass is 35.5. The van der Waals surface area contributed by atoms with Crippen molar-refractivity contribution >= 4 is 40.1 Å². The number of fused-ring (bicyclic) bond motifs is 1. The van der Waals surface area contributed by atoms with Crippen molar-refractivity contribution in [3.63, 3.8) is 0 Å². The summed E-state index contributed by atoms with van der Waals surface area (Å²) < 4.78 is 0. The molecule has 0 aliphatic carbocycles. The second-order valence-electron chi connectivity index (χ2n) is 3.52. The van der Waals surface area contributed by atoms with Crippen LogP contribution in [0.4, 0.5) is 10.5 Å². The number of alkyl halides is 1. The molecule has 2 rings (SSSR count). The smallest absolute Gasteiger partial charge is 0.306 e. The Bertz CT molecular complexity index is 595. The number of nitrogens with one attached hydrogen (secondary N) is 2. The van der Waals surface area contributed by atoms with Crippen LogP contribution in [0.2, 0.25) is 0 Å². The lowest BCUT2D eigenvalue weighted by molar-refractivity contribution is -0.117. The van der Waals surface area contributed by atoms with Gasteiger partial charge in [-0.2, -0.15) is 0 Å². The van der Waals surface area contributed by atoms with Gasteiger partial charge >= 0.3 is 6.03 Å². The molecule has 1 heterocycles. The Morgan fingerprint density at radius 3 is 2.78 bits per heavy atom. The number of urea groups is 1. The van der Waals surface area contributed by atoms with E-state index in [0.717, 1.165) is 5.39 Å². The quantitative estimate of drug-likeness (QED) is 0.816. The monoisotopic (exact) mass is 263 g/mol. The highest BCUT2D eigenvalue weighted by Crippen LogP contribution is 2.20. The lowest BCUT2D eigenvalue weighted by Gasteiger charge is -2.07. The van der Waals surface area contributed by atoms with Gasteiger partial charge in [-0.3, -0.25) is 15.1 Å². The molecule has 0 bridgehead atoms. The molecule has 0 fully saturated rings. The summed E-state index contributed by atoms with van der Waals surface area (Å²) in [6.45, 7) is 0. The van der Waals surface area contributed by atoms with Crippen molar-refractivity contribution in [3.05, 3.63) is 36.5 Å². The van der Waals surface area contributed by atoms with Crippen LogP contribution in [-0.2, 0) is 4.79 Å². The number of anilines is 1. The van der Waals surface area contributed by atoms with Gasteiger partial charge in [0, 0.05) is 11.6 Å². The third-order valence-electron chi connectivity index (χ3n) is 2.26. The first-order valence-electron chi connectivity index (χ1n) is 5.21. The molecule has 0 unspecified atom stereocenters. The number of carbonyl (C=O) groups excluding carboxylic acids is 2. The summed E-state index contributed by atoms with van der Waals surface area (Å²) in [7, 11) is 0. The lowest BCUT2D eigenvalue weighted by Crippen LogP contribution is -2.35. The van der Waals surface area contributed by atoms with Crippen LogP contribution >= 0.6 is 11.6 Å². The molecule has 92 valence electrons. The van der Waals surface area contributed by atoms with E-state index in [1.165, 1.54) is 0 Å². The summed E-state index contributed by atoms with van der Waals surface area (Å²) >= 11 is 5.29. The summed E-state index contributed by atoms with van der Waals surface area (Å²) in [4.78, 5) is 26.6. The van der Waals surface area contributed by atoms with E-state index in [9.17, 15) is 9.59 Å². The van der Waals surface area contributed by atoms with Crippen LogP contribution < -0.4 is 10.6 Å². The van der Waals surface area contributed by atoms with Crippen molar-refractivity contribution in [2.75, 3.05) is 11.2 Å². The van der Waals surface area contributed by atoms with Crippen molar-refractivity contribution < 1.29 is 9.59 Å². The molecule has 0 saturated heterocycles. The molecular formula is C12H10ClN3O2. The predicted molar refractivity (Wildman–Crippen MR) is 69.6 cm³/mol. The van der Waals surface area contributed by atoms with E-state index in [0.29, 0.717) is 11.2 Å². The van der Waals surface area contributed by atoms with Crippen LogP contribution in [0.3, 0.4) is 0 Å². The van der Waals surface area contributed by atoms with Gasteiger partial charge in [-0.25, -0.2) is 4.79 Å². The van der Waals surface area contributed by atoms with Gasteiger partial charge in [0.25, 0.3) is 0 Å². The van der Waals surface area contributed by atoms with Crippen LogP contribution in [0.1, 0.15) is 0 Å². The highest BCUT2D eigenvalue weighted by Gasteiger charge is 2.08. The zero-order valence-electron chi connectivity index (χ0n) is 9.31. The number of pyridine rings is 1. The molecule has 1 aromatic carbocycles. The first-order valence-corrected chi connectivity index (χ1v) is 5.74. The molecule has 2 aromatic rings. The third-order valence-corrected chi connectivity index (χ3v) is 2.50. The minimum absolute atomic E-state index is 0.263. The van der Waals surface area contributed by atoms with E-state index in [1.54, 1.807) is 18.3 Å². The second-order valence-corrected chi connectivity index (χ2v) is 3.78. The average Bonchev–Trinajstić information content (AvgIpc) is 2.39. The molecule has 0 aliphatic heterocycles. The van der Waals surface area contributed by atoms with E-state index in [4.69, 9.17) is 11.6 Å². The topological polar surface area (TPSA) is 71.1 Å². The van der Waals surface area contributed by atoms with Crippen LogP contribution in [0.15, 0.2) is 36.5 Å². The van der Waals surface area contributed by atoms with E-state index in [-0.39, 0.29) is 5.88 Å². The fourth-order valence-electron chi connectivity index (χ4n) is 1.52. The van der Waals surface area contributed by atoms with Gasteiger partial charge in [-0.1, -0.05) is 18.2 Å². The van der Waals surface area contributed by atoms with Crippen molar-refractivity contribution in [2.45, 2.75) is 0 Å². The molecule has 3 amide bonds. The van der Waals surface area contributed by atoms with Crippen LogP contribution in [0.25, 0.3) is 10.9 Å². The first kappa shape index (κ1) is 12.3. The Balaban J connectivity index is 2.21. The summed E-state index contributed by atoms with van der Waals surface area (Å²) in [6.07, 6.45) is 1.63. The molecule has 2 N–H and O–H groups in total. The fraction of sp³-hybridized carbons (Fsp3) is 0.0833. The maximum atomic E-state index is 11.5. The van der Waals surface area contributed by atoms with Gasteiger partial charge < -0.3 is 5.32 Å². The maximum absolute atomic E-state index is 11.5. The van der Waals surface area contributed by atoms with Gasteiger partial charge in [-0.15, -0.1) is 11.6 Å². The Labute approximate surface area is 108 Å². The standard InChI is InChI=1S/C12H10ClN3O2/c13-7-10(17)16-12(18)15-9-5-1-3-8-4-2-6-14-11(8)9/h1-6H,7H2,(H2,15,16,17,18). The number of carbonyl (C=O) groups is 2. The van der Waals surface area contributed by atoms with Gasteiger partial charge in [0.15, 0.2) is 0 Å². The minimum atomic E-state index is -0.626. The molecule has 0 spiro atoms.